The van der Waals surface area contributed by atoms with Gasteiger partial charge in [0.05, 0.1) is 11.6 Å². The quantitative estimate of drug-likeness (QED) is 0.779. The van der Waals surface area contributed by atoms with Crippen molar-refractivity contribution in [3.8, 4) is 17.2 Å². The van der Waals surface area contributed by atoms with E-state index in [2.05, 4.69) is 23.1 Å². The van der Waals surface area contributed by atoms with Gasteiger partial charge in [-0.1, -0.05) is 30.3 Å². The van der Waals surface area contributed by atoms with E-state index in [9.17, 15) is 0 Å². The van der Waals surface area contributed by atoms with Crippen LogP contribution in [0.4, 0.5) is 5.69 Å². The predicted octanol–water partition coefficient (Wildman–Crippen LogP) is 3.29. The fourth-order valence-corrected chi connectivity index (χ4v) is 1.83. The van der Waals surface area contributed by atoms with Crippen LogP contribution in [-0.4, -0.2) is 14.1 Å². The van der Waals surface area contributed by atoms with Gasteiger partial charge in [0.15, 0.2) is 0 Å². The van der Waals surface area contributed by atoms with E-state index in [-0.39, 0.29) is 0 Å². The van der Waals surface area contributed by atoms with Crippen molar-refractivity contribution in [3.63, 3.8) is 0 Å². The Morgan fingerprint density at radius 1 is 0.941 bits per heavy atom. The zero-order valence-corrected chi connectivity index (χ0v) is 10.0. The molecular formula is C15H14N2. The lowest BCUT2D eigenvalue weighted by atomic mass is 10.0. The molecule has 0 fully saturated rings. The number of benzene rings is 2. The van der Waals surface area contributed by atoms with E-state index >= 15 is 0 Å². The molecule has 0 bridgehead atoms. The average molecular weight is 222 g/mol. The van der Waals surface area contributed by atoms with E-state index in [0.29, 0.717) is 5.56 Å². The zero-order valence-electron chi connectivity index (χ0n) is 10.0. The highest BCUT2D eigenvalue weighted by molar-refractivity contribution is 5.78. The molecule has 2 heteroatoms. The van der Waals surface area contributed by atoms with Crippen molar-refractivity contribution in [2.45, 2.75) is 0 Å². The fourth-order valence-electron chi connectivity index (χ4n) is 1.83. The van der Waals surface area contributed by atoms with Gasteiger partial charge in [0.2, 0.25) is 0 Å². The predicted molar refractivity (Wildman–Crippen MR) is 70.9 cm³/mol. The molecule has 0 spiro atoms. The second kappa shape index (κ2) is 4.71. The third-order valence-corrected chi connectivity index (χ3v) is 2.71. The number of anilines is 1. The molecule has 0 aromatic heterocycles. The number of hydrogen-bond acceptors (Lipinski definition) is 2. The third kappa shape index (κ3) is 2.29. The van der Waals surface area contributed by atoms with Gasteiger partial charge in [0, 0.05) is 25.3 Å². The van der Waals surface area contributed by atoms with Crippen LogP contribution in [0.1, 0.15) is 5.56 Å². The summed E-state index contributed by atoms with van der Waals surface area (Å²) in [5, 5.41) is 8.78. The summed E-state index contributed by atoms with van der Waals surface area (Å²) >= 11 is 0. The Morgan fingerprint density at radius 2 is 1.59 bits per heavy atom. The van der Waals surface area contributed by atoms with Crippen LogP contribution < -0.4 is 4.90 Å². The van der Waals surface area contributed by atoms with Gasteiger partial charge in [-0.3, -0.25) is 0 Å². The van der Waals surface area contributed by atoms with Crippen LogP contribution in [-0.2, 0) is 0 Å². The minimum atomic E-state index is 0.691. The summed E-state index contributed by atoms with van der Waals surface area (Å²) in [5.41, 5.74) is 4.18. The molecule has 0 aliphatic rings. The number of nitrogens with zero attached hydrogens (tertiary/aromatic N) is 2. The molecule has 0 amide bonds. The highest BCUT2D eigenvalue weighted by Gasteiger charge is 2.05. The molecule has 84 valence electrons. The topological polar surface area (TPSA) is 27.0 Å². The summed E-state index contributed by atoms with van der Waals surface area (Å²) < 4.78 is 0. The van der Waals surface area contributed by atoms with E-state index in [1.807, 2.05) is 50.5 Å². The van der Waals surface area contributed by atoms with Crippen LogP contribution in [0.5, 0.6) is 0 Å². The molecule has 0 saturated carbocycles. The summed E-state index contributed by atoms with van der Waals surface area (Å²) in [6, 6.07) is 18.0. The maximum Gasteiger partial charge on any atom is 0.0991 e. The molecule has 0 aliphatic heterocycles. The second-order valence-electron chi connectivity index (χ2n) is 4.10. The maximum absolute atomic E-state index is 8.78. The normalized spacial score (nSPS) is 9.71. The number of rotatable bonds is 2. The lowest BCUT2D eigenvalue weighted by Crippen LogP contribution is -2.09. The van der Waals surface area contributed by atoms with Crippen molar-refractivity contribution in [1.82, 2.24) is 0 Å². The first-order valence-corrected chi connectivity index (χ1v) is 5.49. The maximum atomic E-state index is 8.78. The van der Waals surface area contributed by atoms with Crippen LogP contribution in [0.15, 0.2) is 48.5 Å². The van der Waals surface area contributed by atoms with Crippen molar-refractivity contribution >= 4 is 5.69 Å². The number of hydrogen-bond donors (Lipinski definition) is 0. The number of nitriles is 1. The van der Waals surface area contributed by atoms with Crippen LogP contribution in [0, 0.1) is 11.3 Å². The lowest BCUT2D eigenvalue weighted by Gasteiger charge is -2.17. The van der Waals surface area contributed by atoms with Gasteiger partial charge in [0.25, 0.3) is 0 Å². The van der Waals surface area contributed by atoms with Crippen LogP contribution >= 0.6 is 0 Å². The monoisotopic (exact) mass is 222 g/mol. The molecule has 0 unspecified atom stereocenters. The Morgan fingerprint density at radius 3 is 2.18 bits per heavy atom. The SMILES string of the molecule is CN(C)c1ccccc1-c1ccc(C#N)cc1. The van der Waals surface area contributed by atoms with Crippen molar-refractivity contribution in [2.24, 2.45) is 0 Å². The van der Waals surface area contributed by atoms with Crippen LogP contribution in [0.2, 0.25) is 0 Å². The van der Waals surface area contributed by atoms with E-state index < -0.39 is 0 Å². The van der Waals surface area contributed by atoms with E-state index in [1.54, 1.807) is 0 Å². The highest BCUT2D eigenvalue weighted by atomic mass is 15.1. The Hall–Kier alpha value is -2.27. The van der Waals surface area contributed by atoms with Gasteiger partial charge in [-0.05, 0) is 23.8 Å². The van der Waals surface area contributed by atoms with Gasteiger partial charge < -0.3 is 4.90 Å². The first-order valence-electron chi connectivity index (χ1n) is 5.49. The Kier molecular flexibility index (Phi) is 3.11. The standard InChI is InChI=1S/C15H14N2/c1-17(2)15-6-4-3-5-14(15)13-9-7-12(11-16)8-10-13/h3-10H,1-2H3. The van der Waals surface area contributed by atoms with E-state index in [0.717, 1.165) is 5.56 Å². The smallest absolute Gasteiger partial charge is 0.0991 e. The van der Waals surface area contributed by atoms with Gasteiger partial charge in [-0.2, -0.15) is 5.26 Å². The highest BCUT2D eigenvalue weighted by Crippen LogP contribution is 2.29. The summed E-state index contributed by atoms with van der Waals surface area (Å²) in [6.07, 6.45) is 0. The largest absolute Gasteiger partial charge is 0.377 e. The molecule has 2 nitrogen and oxygen atoms in total. The van der Waals surface area contributed by atoms with Gasteiger partial charge in [-0.25, -0.2) is 0 Å². The van der Waals surface area contributed by atoms with E-state index in [1.165, 1.54) is 11.3 Å². The molecule has 0 saturated heterocycles. The molecule has 17 heavy (non-hydrogen) atoms. The summed E-state index contributed by atoms with van der Waals surface area (Å²) in [5.74, 6) is 0. The third-order valence-electron chi connectivity index (χ3n) is 2.71. The molecule has 0 heterocycles. The molecule has 0 atom stereocenters. The van der Waals surface area contributed by atoms with Crippen molar-refractivity contribution in [1.29, 1.82) is 5.26 Å². The molecule has 0 N–H and O–H groups in total. The first kappa shape index (κ1) is 11.2. The molecule has 2 aromatic rings. The molecule has 0 aliphatic carbocycles. The average Bonchev–Trinajstić information content (AvgIpc) is 2.39. The second-order valence-corrected chi connectivity index (χ2v) is 4.10. The Balaban J connectivity index is 2.49. The van der Waals surface area contributed by atoms with Crippen molar-refractivity contribution in [3.05, 3.63) is 54.1 Å². The molecule has 2 rings (SSSR count). The minimum absolute atomic E-state index is 0.691. The summed E-state index contributed by atoms with van der Waals surface area (Å²) in [4.78, 5) is 2.09. The zero-order chi connectivity index (χ0) is 12.3. The van der Waals surface area contributed by atoms with Crippen molar-refractivity contribution in [2.75, 3.05) is 19.0 Å². The summed E-state index contributed by atoms with van der Waals surface area (Å²) in [6.45, 7) is 0. The summed E-state index contributed by atoms with van der Waals surface area (Å²) in [7, 11) is 4.06. The molecule has 2 aromatic carbocycles. The first-order chi connectivity index (χ1) is 8.22. The fraction of sp³-hybridized carbons (Fsp3) is 0.133. The Labute approximate surface area is 102 Å². The van der Waals surface area contributed by atoms with Gasteiger partial charge >= 0.3 is 0 Å². The van der Waals surface area contributed by atoms with Crippen molar-refractivity contribution < 1.29 is 0 Å². The van der Waals surface area contributed by atoms with Gasteiger partial charge in [-0.15, -0.1) is 0 Å². The Bertz CT molecular complexity index is 548. The van der Waals surface area contributed by atoms with E-state index in [4.69, 9.17) is 5.26 Å². The minimum Gasteiger partial charge on any atom is -0.377 e. The van der Waals surface area contributed by atoms with Crippen LogP contribution in [0.3, 0.4) is 0 Å². The molecular weight excluding hydrogens is 208 g/mol. The lowest BCUT2D eigenvalue weighted by molar-refractivity contribution is 1.13. The number of para-hydroxylation sites is 1. The molecule has 0 radical (unpaired) electrons. The van der Waals surface area contributed by atoms with Gasteiger partial charge in [0.1, 0.15) is 0 Å². The van der Waals surface area contributed by atoms with Crippen LogP contribution in [0.25, 0.3) is 11.1 Å².